The molecule has 82 valence electrons. The van der Waals surface area contributed by atoms with Gasteiger partial charge in [-0.2, -0.15) is 0 Å². The lowest BCUT2D eigenvalue weighted by atomic mass is 10.1. The minimum atomic E-state index is 0.267. The molecule has 1 fully saturated rings. The van der Waals surface area contributed by atoms with E-state index in [1.807, 2.05) is 0 Å². The number of likely N-dealkylation sites (tertiary alicyclic amines) is 1. The van der Waals surface area contributed by atoms with Crippen molar-refractivity contribution in [1.29, 1.82) is 0 Å². The van der Waals surface area contributed by atoms with Crippen molar-refractivity contribution in [2.45, 2.75) is 39.2 Å². The van der Waals surface area contributed by atoms with Gasteiger partial charge in [0, 0.05) is 25.6 Å². The number of aliphatic hydroxyl groups excluding tert-OH is 1. The summed E-state index contributed by atoms with van der Waals surface area (Å²) in [6.07, 6.45) is 2.73. The fraction of sp³-hybridized carbons (Fsp3) is 0.909. The normalized spacial score (nSPS) is 25.2. The summed E-state index contributed by atoms with van der Waals surface area (Å²) >= 11 is 0. The average Bonchev–Trinajstić information content (AvgIpc) is 2.52. The van der Waals surface area contributed by atoms with Crippen LogP contribution in [0.15, 0.2) is 0 Å². The van der Waals surface area contributed by atoms with Crippen LogP contribution in [0.1, 0.15) is 33.1 Å². The summed E-state index contributed by atoms with van der Waals surface area (Å²) in [7, 11) is 0. The van der Waals surface area contributed by atoms with E-state index in [0.717, 1.165) is 19.5 Å². The van der Waals surface area contributed by atoms with Gasteiger partial charge in [-0.1, -0.05) is 0 Å². The summed E-state index contributed by atoms with van der Waals surface area (Å²) in [5, 5.41) is 8.82. The lowest BCUT2D eigenvalue weighted by Gasteiger charge is -2.23. The molecule has 0 aliphatic carbocycles. The Morgan fingerprint density at radius 2 is 2.36 bits per heavy atom. The van der Waals surface area contributed by atoms with E-state index in [9.17, 15) is 4.79 Å². The third-order valence-electron chi connectivity index (χ3n) is 3.06. The molecule has 0 radical (unpaired) electrons. The van der Waals surface area contributed by atoms with E-state index in [1.54, 1.807) is 6.92 Å². The highest BCUT2D eigenvalue weighted by Crippen LogP contribution is 2.22. The number of carbonyl (C=O) groups is 1. The number of carbonyl (C=O) groups excluding carboxylic acids is 1. The summed E-state index contributed by atoms with van der Waals surface area (Å²) in [4.78, 5) is 13.3. The van der Waals surface area contributed by atoms with Gasteiger partial charge in [0.25, 0.3) is 0 Å². The van der Waals surface area contributed by atoms with Crippen LogP contribution in [0.3, 0.4) is 0 Å². The Morgan fingerprint density at radius 1 is 1.64 bits per heavy atom. The minimum absolute atomic E-state index is 0.267. The molecule has 2 unspecified atom stereocenters. The first-order valence-electron chi connectivity index (χ1n) is 5.47. The van der Waals surface area contributed by atoms with Crippen LogP contribution in [0.4, 0.5) is 0 Å². The van der Waals surface area contributed by atoms with Crippen molar-refractivity contribution in [3.05, 3.63) is 0 Å². The van der Waals surface area contributed by atoms with Crippen LogP contribution in [0.5, 0.6) is 0 Å². The van der Waals surface area contributed by atoms with Gasteiger partial charge in [-0.05, 0) is 39.2 Å². The molecule has 0 spiro atoms. The third-order valence-corrected chi connectivity index (χ3v) is 3.06. The number of nitrogens with zero attached hydrogens (tertiary/aromatic N) is 1. The predicted octanol–water partition coefficient (Wildman–Crippen LogP) is 1.06. The van der Waals surface area contributed by atoms with Crippen molar-refractivity contribution in [3.63, 3.8) is 0 Å². The number of hydrogen-bond donors (Lipinski definition) is 1. The zero-order valence-corrected chi connectivity index (χ0v) is 9.20. The van der Waals surface area contributed by atoms with Gasteiger partial charge in [0.2, 0.25) is 0 Å². The van der Waals surface area contributed by atoms with Gasteiger partial charge in [0.05, 0.1) is 0 Å². The molecule has 1 heterocycles. The molecule has 14 heavy (non-hydrogen) atoms. The number of hydrogen-bond acceptors (Lipinski definition) is 3. The first-order chi connectivity index (χ1) is 6.63. The van der Waals surface area contributed by atoms with Gasteiger partial charge >= 0.3 is 0 Å². The summed E-state index contributed by atoms with van der Waals surface area (Å²) in [5.74, 6) is 0.900. The van der Waals surface area contributed by atoms with Gasteiger partial charge in [-0.25, -0.2) is 0 Å². The average molecular weight is 199 g/mol. The highest BCUT2D eigenvalue weighted by atomic mass is 16.3. The molecule has 1 N–H and O–H groups in total. The quantitative estimate of drug-likeness (QED) is 0.719. The SMILES string of the molecule is CC(=O)CC(C)N1CCC(CCO)C1. The van der Waals surface area contributed by atoms with Crippen molar-refractivity contribution in [2.75, 3.05) is 19.7 Å². The molecule has 2 atom stereocenters. The van der Waals surface area contributed by atoms with Crippen LogP contribution >= 0.6 is 0 Å². The monoisotopic (exact) mass is 199 g/mol. The zero-order valence-electron chi connectivity index (χ0n) is 9.20. The number of aliphatic hydroxyl groups is 1. The van der Waals surface area contributed by atoms with E-state index in [0.29, 0.717) is 25.0 Å². The Balaban J connectivity index is 2.30. The van der Waals surface area contributed by atoms with Gasteiger partial charge in [-0.3, -0.25) is 9.69 Å². The van der Waals surface area contributed by atoms with Crippen LogP contribution in [0.25, 0.3) is 0 Å². The molecule has 1 saturated heterocycles. The molecule has 1 aliphatic heterocycles. The fourth-order valence-electron chi connectivity index (χ4n) is 2.23. The van der Waals surface area contributed by atoms with Crippen LogP contribution in [-0.2, 0) is 4.79 Å². The van der Waals surface area contributed by atoms with Crippen LogP contribution in [-0.4, -0.2) is 41.5 Å². The van der Waals surface area contributed by atoms with Gasteiger partial charge < -0.3 is 5.11 Å². The number of ketones is 1. The van der Waals surface area contributed by atoms with Crippen LogP contribution < -0.4 is 0 Å². The first-order valence-corrected chi connectivity index (χ1v) is 5.47. The maximum atomic E-state index is 11.0. The number of rotatable bonds is 5. The van der Waals surface area contributed by atoms with Crippen molar-refractivity contribution in [1.82, 2.24) is 4.90 Å². The third kappa shape index (κ3) is 3.39. The van der Waals surface area contributed by atoms with Crippen molar-refractivity contribution in [3.8, 4) is 0 Å². The van der Waals surface area contributed by atoms with E-state index in [1.165, 1.54) is 6.42 Å². The summed E-state index contributed by atoms with van der Waals surface area (Å²) in [6, 6.07) is 0.371. The largest absolute Gasteiger partial charge is 0.396 e. The molecule has 3 heteroatoms. The molecule has 1 aliphatic rings. The van der Waals surface area contributed by atoms with E-state index < -0.39 is 0 Å². The maximum Gasteiger partial charge on any atom is 0.131 e. The Labute approximate surface area is 86.1 Å². The highest BCUT2D eigenvalue weighted by molar-refractivity contribution is 5.76. The smallest absolute Gasteiger partial charge is 0.131 e. The molecule has 1 rings (SSSR count). The molecule has 0 aromatic carbocycles. The molecule has 0 aromatic rings. The lowest BCUT2D eigenvalue weighted by molar-refractivity contribution is -0.118. The van der Waals surface area contributed by atoms with Gasteiger partial charge in [0.1, 0.15) is 5.78 Å². The minimum Gasteiger partial charge on any atom is -0.396 e. The standard InChI is InChI=1S/C11H21NO2/c1-9(7-10(2)14)12-5-3-11(8-12)4-6-13/h9,11,13H,3-8H2,1-2H3. The summed E-state index contributed by atoms with van der Waals surface area (Å²) in [6.45, 7) is 6.19. The van der Waals surface area contributed by atoms with Gasteiger partial charge in [-0.15, -0.1) is 0 Å². The summed E-state index contributed by atoms with van der Waals surface area (Å²) in [5.41, 5.74) is 0. The van der Waals surface area contributed by atoms with E-state index >= 15 is 0 Å². The molecule has 0 aromatic heterocycles. The van der Waals surface area contributed by atoms with E-state index in [-0.39, 0.29) is 5.78 Å². The van der Waals surface area contributed by atoms with Crippen LogP contribution in [0.2, 0.25) is 0 Å². The van der Waals surface area contributed by atoms with Gasteiger partial charge in [0.15, 0.2) is 0 Å². The highest BCUT2D eigenvalue weighted by Gasteiger charge is 2.25. The maximum absolute atomic E-state index is 11.0. The topological polar surface area (TPSA) is 40.5 Å². The molecule has 0 bridgehead atoms. The molecular weight excluding hydrogens is 178 g/mol. The van der Waals surface area contributed by atoms with E-state index in [2.05, 4.69) is 11.8 Å². The number of Topliss-reactive ketones (excluding diaryl/α,β-unsaturated/α-hetero) is 1. The molecular formula is C11H21NO2. The Kier molecular flexibility index (Phi) is 4.55. The molecule has 3 nitrogen and oxygen atoms in total. The second kappa shape index (κ2) is 5.47. The van der Waals surface area contributed by atoms with Crippen LogP contribution in [0, 0.1) is 5.92 Å². The fourth-order valence-corrected chi connectivity index (χ4v) is 2.23. The Bertz CT molecular complexity index is 194. The Hall–Kier alpha value is -0.410. The van der Waals surface area contributed by atoms with Crippen molar-refractivity contribution in [2.24, 2.45) is 5.92 Å². The second-order valence-corrected chi connectivity index (χ2v) is 4.42. The van der Waals surface area contributed by atoms with E-state index in [4.69, 9.17) is 5.11 Å². The predicted molar refractivity (Wildman–Crippen MR) is 56.1 cm³/mol. The molecule has 0 saturated carbocycles. The lowest BCUT2D eigenvalue weighted by Crippen LogP contribution is -2.32. The zero-order chi connectivity index (χ0) is 10.6. The first kappa shape index (κ1) is 11.7. The summed E-state index contributed by atoms with van der Waals surface area (Å²) < 4.78 is 0. The molecule has 0 amide bonds. The second-order valence-electron chi connectivity index (χ2n) is 4.42. The van der Waals surface area contributed by atoms with Crippen molar-refractivity contribution >= 4 is 5.78 Å². The van der Waals surface area contributed by atoms with Crippen molar-refractivity contribution < 1.29 is 9.90 Å². The Morgan fingerprint density at radius 3 is 2.93 bits per heavy atom.